The van der Waals surface area contributed by atoms with Gasteiger partial charge in [-0.2, -0.15) is 0 Å². The molecule has 4 amide bonds. The van der Waals surface area contributed by atoms with Gasteiger partial charge < -0.3 is 4.74 Å². The number of amides is 4. The Morgan fingerprint density at radius 2 is 1.82 bits per heavy atom. The minimum absolute atomic E-state index is 0.138. The van der Waals surface area contributed by atoms with Crippen LogP contribution >= 0.6 is 11.6 Å². The van der Waals surface area contributed by atoms with Crippen molar-refractivity contribution >= 4 is 41.2 Å². The number of urea groups is 1. The number of halogens is 1. The second-order valence-corrected chi connectivity index (χ2v) is 6.74. The maximum atomic E-state index is 12.9. The van der Waals surface area contributed by atoms with Gasteiger partial charge in [-0.05, 0) is 54.8 Å². The summed E-state index contributed by atoms with van der Waals surface area (Å²) in [7, 11) is 0. The molecule has 0 atom stereocenters. The molecule has 0 saturated carbocycles. The van der Waals surface area contributed by atoms with E-state index in [1.54, 1.807) is 43.3 Å². The summed E-state index contributed by atoms with van der Waals surface area (Å²) in [5, 5.41) is 2.59. The molecule has 0 radical (unpaired) electrons. The first-order chi connectivity index (χ1) is 13.4. The van der Waals surface area contributed by atoms with Crippen molar-refractivity contribution in [3.05, 3.63) is 64.2 Å². The van der Waals surface area contributed by atoms with Crippen LogP contribution in [0.1, 0.15) is 24.5 Å². The van der Waals surface area contributed by atoms with E-state index in [4.69, 9.17) is 16.3 Å². The van der Waals surface area contributed by atoms with Crippen LogP contribution in [0.3, 0.4) is 0 Å². The maximum absolute atomic E-state index is 12.9. The molecule has 1 heterocycles. The summed E-state index contributed by atoms with van der Waals surface area (Å²) in [4.78, 5) is 38.4. The van der Waals surface area contributed by atoms with E-state index in [1.807, 2.05) is 6.92 Å². The standard InChI is InChI=1S/C21H19ClN2O4/c1-3-10-28-16-8-5-14(6-9-16)11-17-19(25)23-21(27)24(20(17)26)18-12-15(22)7-4-13(18)2/h4-9,11-12H,3,10H2,1-2H3,(H,23,25,27)/b17-11+. The highest BCUT2D eigenvalue weighted by atomic mass is 35.5. The first-order valence-corrected chi connectivity index (χ1v) is 9.19. The molecule has 1 saturated heterocycles. The Labute approximate surface area is 167 Å². The van der Waals surface area contributed by atoms with Crippen molar-refractivity contribution in [2.75, 3.05) is 11.5 Å². The molecule has 1 fully saturated rings. The van der Waals surface area contributed by atoms with Crippen molar-refractivity contribution in [2.24, 2.45) is 0 Å². The smallest absolute Gasteiger partial charge is 0.335 e. The predicted octanol–water partition coefficient (Wildman–Crippen LogP) is 4.10. The highest BCUT2D eigenvalue weighted by molar-refractivity contribution is 6.39. The number of carbonyl (C=O) groups excluding carboxylic acids is 3. The van der Waals surface area contributed by atoms with Gasteiger partial charge in [-0.25, -0.2) is 9.69 Å². The van der Waals surface area contributed by atoms with Crippen LogP contribution < -0.4 is 15.0 Å². The summed E-state index contributed by atoms with van der Waals surface area (Å²) >= 11 is 6.01. The Morgan fingerprint density at radius 3 is 2.50 bits per heavy atom. The molecule has 144 valence electrons. The molecule has 1 N–H and O–H groups in total. The average Bonchev–Trinajstić information content (AvgIpc) is 2.67. The largest absolute Gasteiger partial charge is 0.494 e. The van der Waals surface area contributed by atoms with E-state index in [0.717, 1.165) is 11.3 Å². The van der Waals surface area contributed by atoms with Crippen LogP contribution in [0.4, 0.5) is 10.5 Å². The highest BCUT2D eigenvalue weighted by Crippen LogP contribution is 2.28. The lowest BCUT2D eigenvalue weighted by molar-refractivity contribution is -0.122. The second-order valence-electron chi connectivity index (χ2n) is 6.31. The molecule has 1 aliphatic rings. The number of aryl methyl sites for hydroxylation is 1. The van der Waals surface area contributed by atoms with E-state index in [2.05, 4.69) is 5.32 Å². The van der Waals surface area contributed by atoms with Gasteiger partial charge >= 0.3 is 6.03 Å². The number of barbiturate groups is 1. The first-order valence-electron chi connectivity index (χ1n) is 8.81. The van der Waals surface area contributed by atoms with E-state index in [1.165, 1.54) is 12.1 Å². The van der Waals surface area contributed by atoms with Gasteiger partial charge in [0.2, 0.25) is 0 Å². The van der Waals surface area contributed by atoms with E-state index >= 15 is 0 Å². The summed E-state index contributed by atoms with van der Waals surface area (Å²) in [6, 6.07) is 11.1. The molecule has 2 aromatic rings. The lowest BCUT2D eigenvalue weighted by atomic mass is 10.1. The topological polar surface area (TPSA) is 75.7 Å². The fourth-order valence-electron chi connectivity index (χ4n) is 2.75. The third-order valence-electron chi connectivity index (χ3n) is 4.18. The number of nitrogens with one attached hydrogen (secondary N) is 1. The summed E-state index contributed by atoms with van der Waals surface area (Å²) in [5.74, 6) is -0.738. The van der Waals surface area contributed by atoms with Crippen molar-refractivity contribution in [3.63, 3.8) is 0 Å². The van der Waals surface area contributed by atoms with E-state index < -0.39 is 17.8 Å². The van der Waals surface area contributed by atoms with Crippen LogP contribution in [0.25, 0.3) is 6.08 Å². The number of anilines is 1. The highest BCUT2D eigenvalue weighted by Gasteiger charge is 2.37. The van der Waals surface area contributed by atoms with E-state index in [9.17, 15) is 14.4 Å². The Balaban J connectivity index is 1.93. The third-order valence-corrected chi connectivity index (χ3v) is 4.41. The summed E-state index contributed by atoms with van der Waals surface area (Å²) in [5.41, 5.74) is 1.51. The Hall–Kier alpha value is -3.12. The minimum Gasteiger partial charge on any atom is -0.494 e. The second kappa shape index (κ2) is 8.27. The minimum atomic E-state index is -0.805. The van der Waals surface area contributed by atoms with Crippen molar-refractivity contribution in [1.82, 2.24) is 5.32 Å². The molecule has 7 heteroatoms. The van der Waals surface area contributed by atoms with Gasteiger partial charge in [-0.1, -0.05) is 36.7 Å². The number of nitrogens with zero attached hydrogens (tertiary/aromatic N) is 1. The van der Waals surface area contributed by atoms with Crippen LogP contribution in [0, 0.1) is 6.92 Å². The molecule has 0 bridgehead atoms. The fourth-order valence-corrected chi connectivity index (χ4v) is 2.91. The number of hydrogen-bond donors (Lipinski definition) is 1. The zero-order valence-corrected chi connectivity index (χ0v) is 16.2. The molecule has 0 unspecified atom stereocenters. The van der Waals surface area contributed by atoms with Crippen LogP contribution in [0.15, 0.2) is 48.0 Å². The van der Waals surface area contributed by atoms with Gasteiger partial charge in [0.1, 0.15) is 11.3 Å². The number of hydrogen-bond acceptors (Lipinski definition) is 4. The number of ether oxygens (including phenoxy) is 1. The van der Waals surface area contributed by atoms with Crippen molar-refractivity contribution < 1.29 is 19.1 Å². The van der Waals surface area contributed by atoms with Crippen LogP contribution in [0.2, 0.25) is 5.02 Å². The lowest BCUT2D eigenvalue weighted by Crippen LogP contribution is -2.54. The number of benzene rings is 2. The van der Waals surface area contributed by atoms with Gasteiger partial charge in [0.25, 0.3) is 11.8 Å². The normalized spacial score (nSPS) is 15.8. The molecule has 28 heavy (non-hydrogen) atoms. The average molecular weight is 399 g/mol. The van der Waals surface area contributed by atoms with Crippen LogP contribution in [0.5, 0.6) is 5.75 Å². The van der Waals surface area contributed by atoms with Gasteiger partial charge in [0, 0.05) is 5.02 Å². The summed E-state index contributed by atoms with van der Waals surface area (Å²) < 4.78 is 5.52. The fraction of sp³-hybridized carbons (Fsp3) is 0.190. The molecule has 1 aliphatic heterocycles. The van der Waals surface area contributed by atoms with E-state index in [-0.39, 0.29) is 5.57 Å². The van der Waals surface area contributed by atoms with Gasteiger partial charge in [0.05, 0.1) is 12.3 Å². The maximum Gasteiger partial charge on any atom is 0.335 e. The van der Waals surface area contributed by atoms with Gasteiger partial charge in [-0.15, -0.1) is 0 Å². The molecule has 6 nitrogen and oxygen atoms in total. The molecule has 0 aromatic heterocycles. The molecular formula is C21H19ClN2O4. The molecule has 0 aliphatic carbocycles. The number of carbonyl (C=O) groups is 3. The van der Waals surface area contributed by atoms with Crippen LogP contribution in [-0.4, -0.2) is 24.5 Å². The zero-order valence-electron chi connectivity index (χ0n) is 15.5. The monoisotopic (exact) mass is 398 g/mol. The number of rotatable bonds is 5. The molecule has 2 aromatic carbocycles. The first kappa shape index (κ1) is 19.6. The Bertz CT molecular complexity index is 967. The molecular weight excluding hydrogens is 380 g/mol. The van der Waals surface area contributed by atoms with Crippen molar-refractivity contribution in [3.8, 4) is 5.75 Å². The van der Waals surface area contributed by atoms with Crippen molar-refractivity contribution in [2.45, 2.75) is 20.3 Å². The number of imide groups is 2. The van der Waals surface area contributed by atoms with Gasteiger partial charge in [-0.3, -0.25) is 14.9 Å². The molecule has 0 spiro atoms. The zero-order chi connectivity index (χ0) is 20.3. The third kappa shape index (κ3) is 4.07. The quantitative estimate of drug-likeness (QED) is 0.607. The van der Waals surface area contributed by atoms with Crippen LogP contribution in [-0.2, 0) is 9.59 Å². The van der Waals surface area contributed by atoms with Gasteiger partial charge in [0.15, 0.2) is 0 Å². The molecule has 3 rings (SSSR count). The lowest BCUT2D eigenvalue weighted by Gasteiger charge is -2.27. The Kier molecular flexibility index (Phi) is 5.80. The summed E-state index contributed by atoms with van der Waals surface area (Å²) in [6.07, 6.45) is 2.34. The predicted molar refractivity (Wildman–Crippen MR) is 107 cm³/mol. The van der Waals surface area contributed by atoms with E-state index in [0.29, 0.717) is 34.2 Å². The Morgan fingerprint density at radius 1 is 1.11 bits per heavy atom. The SMILES string of the molecule is CCCOc1ccc(/C=C2\C(=O)NC(=O)N(c3cc(Cl)ccc3C)C2=O)cc1. The summed E-state index contributed by atoms with van der Waals surface area (Å²) in [6.45, 7) is 4.37. The van der Waals surface area contributed by atoms with Crippen molar-refractivity contribution in [1.29, 1.82) is 0 Å².